The molecule has 0 spiro atoms. The van der Waals surface area contributed by atoms with Crippen molar-refractivity contribution in [2.24, 2.45) is 0 Å². The van der Waals surface area contributed by atoms with Gasteiger partial charge in [0.1, 0.15) is 0 Å². The lowest BCUT2D eigenvalue weighted by Crippen LogP contribution is -2.01. The molecule has 0 fully saturated rings. The van der Waals surface area contributed by atoms with Crippen LogP contribution >= 0.6 is 0 Å². The van der Waals surface area contributed by atoms with Crippen molar-refractivity contribution in [3.63, 3.8) is 0 Å². The van der Waals surface area contributed by atoms with E-state index in [1.54, 1.807) is 0 Å². The Kier molecular flexibility index (Phi) is 12.8. The molecule has 0 aliphatic heterocycles. The average molecular weight is 115 g/mol. The Morgan fingerprint density at radius 1 is 1.50 bits per heavy atom. The number of hydrogen-bond acceptors (Lipinski definition) is 1. The summed E-state index contributed by atoms with van der Waals surface area (Å²) in [5.74, 6) is 0. The van der Waals surface area contributed by atoms with E-state index >= 15 is 0 Å². The van der Waals surface area contributed by atoms with Gasteiger partial charge in [0.05, 0.1) is 0 Å². The van der Waals surface area contributed by atoms with Gasteiger partial charge in [-0.15, -0.1) is 0 Å². The van der Waals surface area contributed by atoms with Gasteiger partial charge in [-0.1, -0.05) is 27.4 Å². The van der Waals surface area contributed by atoms with Crippen molar-refractivity contribution in [1.29, 1.82) is 0 Å². The van der Waals surface area contributed by atoms with Crippen LogP contribution in [0.3, 0.4) is 0 Å². The second-order valence-corrected chi connectivity index (χ2v) is 1.21. The Bertz CT molecular complexity index is 42.3. The second kappa shape index (κ2) is 9.74. The summed E-state index contributed by atoms with van der Waals surface area (Å²) < 4.78 is 0. The van der Waals surface area contributed by atoms with Gasteiger partial charge in [0.25, 0.3) is 0 Å². The molecule has 0 saturated carbocycles. The Morgan fingerprint density at radius 2 is 1.88 bits per heavy atom. The first-order valence-electron chi connectivity index (χ1n) is 3.16. The predicted octanol–water partition coefficient (Wildman–Crippen LogP) is 2.16. The molecule has 0 aromatic carbocycles. The summed E-state index contributed by atoms with van der Waals surface area (Å²) in [5, 5.41) is 2.92. The minimum atomic E-state index is 1.02. The molecular weight excluding hydrogens is 98.1 g/mol. The van der Waals surface area contributed by atoms with Crippen LogP contribution in [-0.4, -0.2) is 7.05 Å². The third-order valence-corrected chi connectivity index (χ3v) is 0.780. The molecule has 1 nitrogen and oxygen atoms in total. The largest absolute Gasteiger partial charge is 0.392 e. The van der Waals surface area contributed by atoms with Gasteiger partial charge >= 0.3 is 0 Å². The molecule has 0 aliphatic rings. The highest BCUT2D eigenvalue weighted by atomic mass is 14.8. The molecule has 0 rings (SSSR count). The summed E-state index contributed by atoms with van der Waals surface area (Å²) in [5.41, 5.74) is 1.09. The monoisotopic (exact) mass is 115 g/mol. The quantitative estimate of drug-likeness (QED) is 0.581. The summed E-state index contributed by atoms with van der Waals surface area (Å²) in [7, 11) is 1.88. The van der Waals surface area contributed by atoms with Gasteiger partial charge in [-0.3, -0.25) is 0 Å². The summed E-state index contributed by atoms with van der Waals surface area (Å²) in [6, 6.07) is 0. The van der Waals surface area contributed by atoms with Gasteiger partial charge in [0, 0.05) is 12.7 Å². The Balaban J connectivity index is 0. The maximum absolute atomic E-state index is 3.68. The highest BCUT2D eigenvalue weighted by Gasteiger charge is 1.75. The SMILES string of the molecule is C=C(CC)NC.CC. The molecule has 8 heavy (non-hydrogen) atoms. The lowest BCUT2D eigenvalue weighted by Gasteiger charge is -1.94. The molecule has 50 valence electrons. The van der Waals surface area contributed by atoms with Crippen LogP contribution in [-0.2, 0) is 0 Å². The summed E-state index contributed by atoms with van der Waals surface area (Å²) in [4.78, 5) is 0. The molecule has 0 amide bonds. The zero-order valence-corrected chi connectivity index (χ0v) is 6.41. The van der Waals surface area contributed by atoms with Gasteiger partial charge in [-0.25, -0.2) is 0 Å². The van der Waals surface area contributed by atoms with Gasteiger partial charge < -0.3 is 5.32 Å². The highest BCUT2D eigenvalue weighted by molar-refractivity contribution is 4.86. The van der Waals surface area contributed by atoms with E-state index in [-0.39, 0.29) is 0 Å². The summed E-state index contributed by atoms with van der Waals surface area (Å²) in [6.45, 7) is 9.75. The molecule has 0 aromatic heterocycles. The minimum Gasteiger partial charge on any atom is -0.392 e. The number of allylic oxidation sites excluding steroid dienone is 1. The second-order valence-electron chi connectivity index (χ2n) is 1.21. The lowest BCUT2D eigenvalue weighted by atomic mass is 10.4. The normalized spacial score (nSPS) is 6.50. The first-order chi connectivity index (χ1) is 3.81. The Hall–Kier alpha value is -0.460. The van der Waals surface area contributed by atoms with Gasteiger partial charge in [-0.2, -0.15) is 0 Å². The fourth-order valence-corrected chi connectivity index (χ4v) is 0.177. The first-order valence-corrected chi connectivity index (χ1v) is 3.16. The van der Waals surface area contributed by atoms with Crippen LogP contribution < -0.4 is 5.32 Å². The summed E-state index contributed by atoms with van der Waals surface area (Å²) >= 11 is 0. The lowest BCUT2D eigenvalue weighted by molar-refractivity contribution is 0.908. The van der Waals surface area contributed by atoms with E-state index in [0.29, 0.717) is 0 Å². The first kappa shape index (κ1) is 10.5. The van der Waals surface area contributed by atoms with E-state index < -0.39 is 0 Å². The standard InChI is InChI=1S/C5H11N.C2H6/c1-4-5(2)6-3;1-2/h6H,2,4H2,1,3H3;1-2H3. The van der Waals surface area contributed by atoms with Crippen LogP contribution in [0.2, 0.25) is 0 Å². The van der Waals surface area contributed by atoms with Crippen LogP contribution in [0, 0.1) is 0 Å². The Morgan fingerprint density at radius 3 is 1.88 bits per heavy atom. The smallest absolute Gasteiger partial charge is 0.00300 e. The molecule has 0 atom stereocenters. The highest BCUT2D eigenvalue weighted by Crippen LogP contribution is 1.84. The van der Waals surface area contributed by atoms with Gasteiger partial charge in [0.15, 0.2) is 0 Å². The third-order valence-electron chi connectivity index (χ3n) is 0.780. The van der Waals surface area contributed by atoms with E-state index in [9.17, 15) is 0 Å². The fourth-order valence-electron chi connectivity index (χ4n) is 0.177. The third kappa shape index (κ3) is 9.11. The predicted molar refractivity (Wildman–Crippen MR) is 39.8 cm³/mol. The molecule has 0 bridgehead atoms. The molecule has 0 aliphatic carbocycles. The van der Waals surface area contributed by atoms with Crippen molar-refractivity contribution in [2.75, 3.05) is 7.05 Å². The fraction of sp³-hybridized carbons (Fsp3) is 0.714. The van der Waals surface area contributed by atoms with E-state index in [4.69, 9.17) is 0 Å². The number of hydrogen-bond donors (Lipinski definition) is 1. The van der Waals surface area contributed by atoms with Crippen LogP contribution in [0.1, 0.15) is 27.2 Å². The zero-order valence-electron chi connectivity index (χ0n) is 6.41. The summed E-state index contributed by atoms with van der Waals surface area (Å²) in [6.07, 6.45) is 1.02. The van der Waals surface area contributed by atoms with Crippen molar-refractivity contribution in [1.82, 2.24) is 5.32 Å². The van der Waals surface area contributed by atoms with Crippen LogP contribution in [0.5, 0.6) is 0 Å². The van der Waals surface area contributed by atoms with Gasteiger partial charge in [0.2, 0.25) is 0 Å². The van der Waals surface area contributed by atoms with Crippen molar-refractivity contribution in [2.45, 2.75) is 27.2 Å². The molecule has 0 saturated heterocycles. The van der Waals surface area contributed by atoms with E-state index in [0.717, 1.165) is 12.1 Å². The van der Waals surface area contributed by atoms with Crippen LogP contribution in [0.15, 0.2) is 12.3 Å². The Labute approximate surface area is 52.8 Å². The molecule has 0 aromatic rings. The number of rotatable bonds is 2. The van der Waals surface area contributed by atoms with Crippen molar-refractivity contribution >= 4 is 0 Å². The topological polar surface area (TPSA) is 12.0 Å². The van der Waals surface area contributed by atoms with Crippen molar-refractivity contribution in [3.05, 3.63) is 12.3 Å². The van der Waals surface area contributed by atoms with Gasteiger partial charge in [-0.05, 0) is 6.42 Å². The molecular formula is C7H17N. The van der Waals surface area contributed by atoms with Crippen molar-refractivity contribution < 1.29 is 0 Å². The maximum Gasteiger partial charge on any atom is 0.00300 e. The maximum atomic E-state index is 3.68. The molecule has 0 heterocycles. The van der Waals surface area contributed by atoms with Crippen LogP contribution in [0.25, 0.3) is 0 Å². The zero-order chi connectivity index (χ0) is 6.99. The van der Waals surface area contributed by atoms with E-state index in [2.05, 4.69) is 18.8 Å². The van der Waals surface area contributed by atoms with E-state index in [1.807, 2.05) is 20.9 Å². The molecule has 0 radical (unpaired) electrons. The molecule has 1 heteroatoms. The average Bonchev–Trinajstić information content (AvgIpc) is 1.91. The minimum absolute atomic E-state index is 1.02. The van der Waals surface area contributed by atoms with Crippen LogP contribution in [0.4, 0.5) is 0 Å². The van der Waals surface area contributed by atoms with E-state index in [1.165, 1.54) is 0 Å². The number of nitrogens with one attached hydrogen (secondary N) is 1. The molecule has 0 unspecified atom stereocenters. The van der Waals surface area contributed by atoms with Crippen molar-refractivity contribution in [3.8, 4) is 0 Å². The molecule has 1 N–H and O–H groups in total.